The molecule has 2 amide bonds. The number of nitrogens with one attached hydrogen (secondary N) is 2. The number of hydrogen-bond donors (Lipinski definition) is 2. The van der Waals surface area contributed by atoms with E-state index in [2.05, 4.69) is 31.4 Å². The van der Waals surface area contributed by atoms with E-state index < -0.39 is 0 Å². The number of carbonyl (C=O) groups excluding carboxylic acids is 2. The van der Waals surface area contributed by atoms with Crippen LogP contribution in [0, 0.1) is 0 Å². The Hall–Kier alpha value is -4.37. The monoisotopic (exact) mass is 445 g/mol. The molecule has 0 fully saturated rings. The number of hydrogen-bond acceptors (Lipinski definition) is 6. The molecular formula is C22H16ClN7O2. The molecule has 0 aliphatic heterocycles. The summed E-state index contributed by atoms with van der Waals surface area (Å²) >= 11 is 5.85. The number of halogens is 1. The molecule has 0 radical (unpaired) electrons. The quantitative estimate of drug-likeness (QED) is 0.349. The first-order chi connectivity index (χ1) is 15.6. The number of benzene rings is 3. The van der Waals surface area contributed by atoms with Crippen molar-refractivity contribution in [3.63, 3.8) is 0 Å². The van der Waals surface area contributed by atoms with Crippen LogP contribution in [0.15, 0.2) is 84.2 Å². The predicted molar refractivity (Wildman–Crippen MR) is 120 cm³/mol. The van der Waals surface area contributed by atoms with E-state index in [9.17, 15) is 9.59 Å². The van der Waals surface area contributed by atoms with Gasteiger partial charge < -0.3 is 5.32 Å². The van der Waals surface area contributed by atoms with Gasteiger partial charge in [-0.1, -0.05) is 23.7 Å². The van der Waals surface area contributed by atoms with Crippen molar-refractivity contribution < 1.29 is 9.59 Å². The molecule has 2 N–H and O–H groups in total. The van der Waals surface area contributed by atoms with E-state index in [-0.39, 0.29) is 11.8 Å². The van der Waals surface area contributed by atoms with Gasteiger partial charge in [0.25, 0.3) is 11.8 Å². The van der Waals surface area contributed by atoms with E-state index in [1.807, 2.05) is 0 Å². The lowest BCUT2D eigenvalue weighted by Gasteiger charge is -2.06. The van der Waals surface area contributed by atoms with Crippen molar-refractivity contribution in [3.8, 4) is 5.69 Å². The molecule has 4 aromatic rings. The van der Waals surface area contributed by atoms with Gasteiger partial charge in [0.1, 0.15) is 6.33 Å². The van der Waals surface area contributed by atoms with Crippen LogP contribution >= 0.6 is 11.6 Å². The molecule has 1 aromatic heterocycles. The zero-order valence-electron chi connectivity index (χ0n) is 16.5. The second-order valence-electron chi connectivity index (χ2n) is 6.59. The number of anilines is 1. The molecule has 1 heterocycles. The fourth-order valence-electron chi connectivity index (χ4n) is 2.78. The molecule has 3 aromatic carbocycles. The van der Waals surface area contributed by atoms with Gasteiger partial charge in [-0.2, -0.15) is 5.10 Å². The highest BCUT2D eigenvalue weighted by Gasteiger charge is 2.07. The largest absolute Gasteiger partial charge is 0.322 e. The highest BCUT2D eigenvalue weighted by Crippen LogP contribution is 2.14. The van der Waals surface area contributed by atoms with Crippen LogP contribution in [-0.2, 0) is 0 Å². The summed E-state index contributed by atoms with van der Waals surface area (Å²) in [6, 6.07) is 20.4. The van der Waals surface area contributed by atoms with Gasteiger partial charge in [-0.05, 0) is 76.7 Å². The van der Waals surface area contributed by atoms with Crippen molar-refractivity contribution in [3.05, 3.63) is 101 Å². The van der Waals surface area contributed by atoms with E-state index in [4.69, 9.17) is 11.6 Å². The third kappa shape index (κ3) is 5.21. The molecule has 10 heteroatoms. The lowest BCUT2D eigenvalue weighted by molar-refractivity contribution is 0.0954. The zero-order valence-corrected chi connectivity index (χ0v) is 17.3. The maximum absolute atomic E-state index is 12.3. The van der Waals surface area contributed by atoms with Gasteiger partial charge >= 0.3 is 0 Å². The fourth-order valence-corrected chi connectivity index (χ4v) is 2.90. The number of hydrazone groups is 1. The van der Waals surface area contributed by atoms with Crippen molar-refractivity contribution >= 4 is 35.3 Å². The Labute approximate surface area is 187 Å². The smallest absolute Gasteiger partial charge is 0.271 e. The highest BCUT2D eigenvalue weighted by atomic mass is 35.5. The van der Waals surface area contributed by atoms with Crippen molar-refractivity contribution in [2.45, 2.75) is 0 Å². The molecule has 0 spiro atoms. The number of carbonyl (C=O) groups is 2. The number of nitrogens with zero attached hydrogens (tertiary/aromatic N) is 5. The standard InChI is InChI=1S/C22H16ClN7O2/c23-18-8-4-16(5-9-18)21(31)26-19-3-1-2-15(12-19)13-24-27-22(32)17-6-10-20(11-7-17)30-14-25-28-29-30/h1-14H,(H,26,31)(H,27,32)/b24-13+. The Morgan fingerprint density at radius 2 is 1.66 bits per heavy atom. The summed E-state index contributed by atoms with van der Waals surface area (Å²) in [6.45, 7) is 0. The van der Waals surface area contributed by atoms with E-state index in [1.165, 1.54) is 17.2 Å². The van der Waals surface area contributed by atoms with E-state index in [1.54, 1.807) is 72.8 Å². The average Bonchev–Trinajstić information content (AvgIpc) is 3.35. The zero-order chi connectivity index (χ0) is 22.3. The molecule has 9 nitrogen and oxygen atoms in total. The molecule has 4 rings (SSSR count). The minimum atomic E-state index is -0.364. The predicted octanol–water partition coefficient (Wildman–Crippen LogP) is 3.33. The van der Waals surface area contributed by atoms with Crippen LogP contribution in [0.25, 0.3) is 5.69 Å². The highest BCUT2D eigenvalue weighted by molar-refractivity contribution is 6.30. The van der Waals surface area contributed by atoms with Crippen LogP contribution in [0.1, 0.15) is 26.3 Å². The molecular weight excluding hydrogens is 430 g/mol. The summed E-state index contributed by atoms with van der Waals surface area (Å²) in [5.74, 6) is -0.620. The van der Waals surface area contributed by atoms with Crippen molar-refractivity contribution in [2.24, 2.45) is 5.10 Å². The van der Waals surface area contributed by atoms with Crippen LogP contribution in [0.5, 0.6) is 0 Å². The Morgan fingerprint density at radius 1 is 0.938 bits per heavy atom. The third-order valence-corrected chi connectivity index (χ3v) is 4.63. The summed E-state index contributed by atoms with van der Waals surface area (Å²) in [5.41, 5.74) is 5.43. The maximum atomic E-state index is 12.3. The summed E-state index contributed by atoms with van der Waals surface area (Å²) in [4.78, 5) is 24.6. The lowest BCUT2D eigenvalue weighted by Crippen LogP contribution is -2.17. The first-order valence-corrected chi connectivity index (χ1v) is 9.80. The number of tetrazole rings is 1. The SMILES string of the molecule is O=C(N/N=C/c1cccc(NC(=O)c2ccc(Cl)cc2)c1)c1ccc(-n2cnnn2)cc1. The first-order valence-electron chi connectivity index (χ1n) is 9.42. The van der Waals surface area contributed by atoms with Crippen molar-refractivity contribution in [1.82, 2.24) is 25.6 Å². The van der Waals surface area contributed by atoms with Crippen LogP contribution in [0.3, 0.4) is 0 Å². The van der Waals surface area contributed by atoms with Gasteiger partial charge in [-0.15, -0.1) is 5.10 Å². The van der Waals surface area contributed by atoms with Gasteiger partial charge in [-0.3, -0.25) is 9.59 Å². The molecule has 0 saturated carbocycles. The molecule has 0 saturated heterocycles. The Morgan fingerprint density at radius 3 is 2.38 bits per heavy atom. The molecule has 0 bridgehead atoms. The summed E-state index contributed by atoms with van der Waals surface area (Å²) in [6.07, 6.45) is 2.96. The Kier molecular flexibility index (Phi) is 6.28. The number of rotatable bonds is 6. The molecule has 158 valence electrons. The minimum absolute atomic E-state index is 0.255. The van der Waals surface area contributed by atoms with Gasteiger partial charge in [0.05, 0.1) is 11.9 Å². The minimum Gasteiger partial charge on any atom is -0.322 e. The Bertz CT molecular complexity index is 1250. The van der Waals surface area contributed by atoms with Crippen LogP contribution in [-0.4, -0.2) is 38.2 Å². The Balaban J connectivity index is 1.35. The lowest BCUT2D eigenvalue weighted by atomic mass is 10.2. The van der Waals surface area contributed by atoms with E-state index >= 15 is 0 Å². The molecule has 0 aliphatic rings. The summed E-state index contributed by atoms with van der Waals surface area (Å²) in [5, 5.41) is 18.3. The molecule has 32 heavy (non-hydrogen) atoms. The van der Waals surface area contributed by atoms with E-state index in [0.717, 1.165) is 5.69 Å². The summed E-state index contributed by atoms with van der Waals surface area (Å²) < 4.78 is 1.48. The topological polar surface area (TPSA) is 114 Å². The van der Waals surface area contributed by atoms with Gasteiger partial charge in [0.2, 0.25) is 0 Å². The van der Waals surface area contributed by atoms with Gasteiger partial charge in [-0.25, -0.2) is 10.1 Å². The average molecular weight is 446 g/mol. The second kappa shape index (κ2) is 9.63. The third-order valence-electron chi connectivity index (χ3n) is 4.37. The van der Waals surface area contributed by atoms with Gasteiger partial charge in [0, 0.05) is 21.8 Å². The van der Waals surface area contributed by atoms with Crippen LogP contribution in [0.4, 0.5) is 5.69 Å². The van der Waals surface area contributed by atoms with E-state index in [0.29, 0.717) is 27.4 Å². The van der Waals surface area contributed by atoms with Crippen LogP contribution < -0.4 is 10.7 Å². The first kappa shape index (κ1) is 20.9. The van der Waals surface area contributed by atoms with Crippen molar-refractivity contribution in [2.75, 3.05) is 5.32 Å². The molecule has 0 atom stereocenters. The molecule has 0 aliphatic carbocycles. The van der Waals surface area contributed by atoms with Gasteiger partial charge in [0.15, 0.2) is 0 Å². The molecule has 0 unspecified atom stereocenters. The second-order valence-corrected chi connectivity index (χ2v) is 7.02. The number of aromatic nitrogens is 4. The summed E-state index contributed by atoms with van der Waals surface area (Å²) in [7, 11) is 0. The number of amides is 2. The fraction of sp³-hybridized carbons (Fsp3) is 0. The van der Waals surface area contributed by atoms with Crippen molar-refractivity contribution in [1.29, 1.82) is 0 Å². The van der Waals surface area contributed by atoms with Crippen LogP contribution in [0.2, 0.25) is 5.02 Å². The maximum Gasteiger partial charge on any atom is 0.271 e. The normalized spacial score (nSPS) is 10.8.